The van der Waals surface area contributed by atoms with Crippen LogP contribution in [0.25, 0.3) is 0 Å². The molecular formula is C19H20O2. The van der Waals surface area contributed by atoms with Crippen LogP contribution in [0.1, 0.15) is 36.2 Å². The average molecular weight is 280 g/mol. The van der Waals surface area contributed by atoms with E-state index in [1.165, 1.54) is 0 Å². The topological polar surface area (TPSA) is 26.3 Å². The summed E-state index contributed by atoms with van der Waals surface area (Å²) in [5.41, 5.74) is 3.68. The molecule has 1 aromatic rings. The molecular weight excluding hydrogens is 260 g/mol. The van der Waals surface area contributed by atoms with Gasteiger partial charge in [0.25, 0.3) is 0 Å². The van der Waals surface area contributed by atoms with Gasteiger partial charge in [-0.2, -0.15) is 0 Å². The van der Waals surface area contributed by atoms with Crippen LogP contribution >= 0.6 is 0 Å². The Hall–Kier alpha value is -1.93. The van der Waals surface area contributed by atoms with Gasteiger partial charge in [-0.15, -0.1) is 0 Å². The maximum atomic E-state index is 12.7. The van der Waals surface area contributed by atoms with Crippen molar-refractivity contribution < 1.29 is 9.53 Å². The van der Waals surface area contributed by atoms with Crippen molar-refractivity contribution in [3.05, 3.63) is 70.8 Å². The fourth-order valence-electron chi connectivity index (χ4n) is 3.11. The van der Waals surface area contributed by atoms with E-state index in [1.54, 1.807) is 7.11 Å². The molecule has 0 aromatic heterocycles. The highest BCUT2D eigenvalue weighted by Crippen LogP contribution is 2.42. The van der Waals surface area contributed by atoms with Gasteiger partial charge in [-0.05, 0) is 23.6 Å². The quantitative estimate of drug-likeness (QED) is 0.766. The molecule has 0 bridgehead atoms. The monoisotopic (exact) mass is 280 g/mol. The highest BCUT2D eigenvalue weighted by Gasteiger charge is 2.40. The first-order valence-corrected chi connectivity index (χ1v) is 7.31. The predicted molar refractivity (Wildman–Crippen MR) is 84.5 cm³/mol. The third-order valence-electron chi connectivity index (χ3n) is 4.47. The third kappa shape index (κ3) is 2.30. The van der Waals surface area contributed by atoms with Gasteiger partial charge in [0.2, 0.25) is 0 Å². The first kappa shape index (κ1) is 14.0. The summed E-state index contributed by atoms with van der Waals surface area (Å²) in [5.74, 6) is 0.152. The number of allylic oxidation sites excluding steroid dienone is 4. The van der Waals surface area contributed by atoms with E-state index in [-0.39, 0.29) is 17.3 Å². The van der Waals surface area contributed by atoms with Crippen molar-refractivity contribution >= 4 is 5.78 Å². The molecule has 0 saturated carbocycles. The Balaban J connectivity index is 1.98. The highest BCUT2D eigenvalue weighted by molar-refractivity contribution is 6.15. The van der Waals surface area contributed by atoms with E-state index in [0.717, 1.165) is 28.7 Å². The number of methoxy groups -OCH3 is 1. The maximum absolute atomic E-state index is 12.7. The Kier molecular flexibility index (Phi) is 3.42. The van der Waals surface area contributed by atoms with Crippen LogP contribution in [0.4, 0.5) is 0 Å². The summed E-state index contributed by atoms with van der Waals surface area (Å²) in [4.78, 5) is 12.7. The molecule has 0 saturated heterocycles. The van der Waals surface area contributed by atoms with Crippen LogP contribution in [0.15, 0.2) is 59.7 Å². The van der Waals surface area contributed by atoms with Gasteiger partial charge in [0.15, 0.2) is 5.78 Å². The first-order chi connectivity index (χ1) is 10.0. The lowest BCUT2D eigenvalue weighted by atomic mass is 9.81. The molecule has 2 nitrogen and oxygen atoms in total. The predicted octanol–water partition coefficient (Wildman–Crippen LogP) is 3.99. The number of fused-ring (bicyclic) bond motifs is 1. The van der Waals surface area contributed by atoms with Crippen molar-refractivity contribution in [3.63, 3.8) is 0 Å². The number of benzene rings is 1. The van der Waals surface area contributed by atoms with Gasteiger partial charge in [0, 0.05) is 23.7 Å². The molecule has 0 amide bonds. The molecule has 0 fully saturated rings. The van der Waals surface area contributed by atoms with Crippen LogP contribution in [-0.4, -0.2) is 19.0 Å². The van der Waals surface area contributed by atoms with E-state index in [9.17, 15) is 4.79 Å². The Morgan fingerprint density at radius 2 is 2.05 bits per heavy atom. The number of carbonyl (C=O) groups excluding carboxylic acids is 1. The normalized spacial score (nSPS) is 25.1. The fraction of sp³-hybridized carbons (Fsp3) is 0.316. The highest BCUT2D eigenvalue weighted by atomic mass is 16.5. The number of Topliss-reactive ketones (excluding diaryl/α,β-unsaturated/α-hetero) is 1. The van der Waals surface area contributed by atoms with Crippen molar-refractivity contribution in [1.29, 1.82) is 0 Å². The van der Waals surface area contributed by atoms with Crippen LogP contribution in [0.2, 0.25) is 0 Å². The Morgan fingerprint density at radius 3 is 2.67 bits per heavy atom. The zero-order valence-electron chi connectivity index (χ0n) is 12.7. The number of ketones is 1. The van der Waals surface area contributed by atoms with Gasteiger partial charge in [0.1, 0.15) is 0 Å². The molecule has 1 unspecified atom stereocenters. The van der Waals surface area contributed by atoms with Gasteiger partial charge < -0.3 is 4.74 Å². The summed E-state index contributed by atoms with van der Waals surface area (Å²) in [6, 6.07) is 7.91. The fourth-order valence-corrected chi connectivity index (χ4v) is 3.11. The Labute approximate surface area is 125 Å². The van der Waals surface area contributed by atoms with Gasteiger partial charge in [-0.3, -0.25) is 4.79 Å². The summed E-state index contributed by atoms with van der Waals surface area (Å²) in [7, 11) is 1.71. The second-order valence-electron chi connectivity index (χ2n) is 6.13. The number of rotatable bonds is 2. The summed E-state index contributed by atoms with van der Waals surface area (Å²) in [5, 5.41) is 0. The van der Waals surface area contributed by atoms with Gasteiger partial charge in [-0.25, -0.2) is 0 Å². The lowest BCUT2D eigenvalue weighted by molar-refractivity contribution is 0.103. The van der Waals surface area contributed by atoms with Crippen LogP contribution in [0, 0.1) is 0 Å². The maximum Gasteiger partial charge on any atom is 0.190 e. The van der Waals surface area contributed by atoms with Gasteiger partial charge in [0.05, 0.1) is 6.10 Å². The third-order valence-corrected chi connectivity index (χ3v) is 4.47. The molecule has 0 radical (unpaired) electrons. The minimum absolute atomic E-state index is 0.150. The molecule has 2 aliphatic rings. The minimum atomic E-state index is -0.236. The van der Waals surface area contributed by atoms with Crippen molar-refractivity contribution in [2.45, 2.75) is 31.8 Å². The summed E-state index contributed by atoms with van der Waals surface area (Å²) in [6.07, 6.45) is 9.26. The second-order valence-corrected chi connectivity index (χ2v) is 6.13. The van der Waals surface area contributed by atoms with Crippen LogP contribution in [0.5, 0.6) is 0 Å². The summed E-state index contributed by atoms with van der Waals surface area (Å²) >= 11 is 0. The molecule has 0 spiro atoms. The smallest absolute Gasteiger partial charge is 0.190 e. The molecule has 0 aliphatic heterocycles. The van der Waals surface area contributed by atoms with Crippen molar-refractivity contribution in [3.8, 4) is 0 Å². The van der Waals surface area contributed by atoms with Crippen LogP contribution < -0.4 is 0 Å². The average Bonchev–Trinajstić information content (AvgIpc) is 2.70. The standard InChI is InChI=1S/C19H20O2/c1-19(2)16-7-5-4-6-15(16)18(20)17(19)12-13-8-10-14(21-3)11-9-13/h4-10,12,14H,11H2,1-3H3/b17-12-. The number of ether oxygens (including phenoxy) is 1. The molecule has 2 heteroatoms. The lowest BCUT2D eigenvalue weighted by Gasteiger charge is -2.21. The molecule has 3 rings (SSSR count). The van der Waals surface area contributed by atoms with Crippen molar-refractivity contribution in [2.24, 2.45) is 0 Å². The van der Waals surface area contributed by atoms with Crippen molar-refractivity contribution in [2.75, 3.05) is 7.11 Å². The molecule has 2 aliphatic carbocycles. The minimum Gasteiger partial charge on any atom is -0.377 e. The number of hydrogen-bond donors (Lipinski definition) is 0. The molecule has 1 atom stereocenters. The van der Waals surface area contributed by atoms with E-state index in [4.69, 9.17) is 4.74 Å². The van der Waals surface area contributed by atoms with Gasteiger partial charge in [-0.1, -0.05) is 56.3 Å². The van der Waals surface area contributed by atoms with Crippen LogP contribution in [0.3, 0.4) is 0 Å². The molecule has 108 valence electrons. The molecule has 1 aromatic carbocycles. The largest absolute Gasteiger partial charge is 0.377 e. The van der Waals surface area contributed by atoms with E-state index in [1.807, 2.05) is 36.4 Å². The number of carbonyl (C=O) groups is 1. The van der Waals surface area contributed by atoms with Gasteiger partial charge >= 0.3 is 0 Å². The lowest BCUT2D eigenvalue weighted by Crippen LogP contribution is -2.17. The first-order valence-electron chi connectivity index (χ1n) is 7.31. The Bertz CT molecular complexity index is 675. The van der Waals surface area contributed by atoms with E-state index < -0.39 is 0 Å². The van der Waals surface area contributed by atoms with Crippen molar-refractivity contribution in [1.82, 2.24) is 0 Å². The zero-order chi connectivity index (χ0) is 15.0. The van der Waals surface area contributed by atoms with Crippen LogP contribution in [-0.2, 0) is 10.2 Å². The number of hydrogen-bond acceptors (Lipinski definition) is 2. The molecule has 0 heterocycles. The summed E-state index contributed by atoms with van der Waals surface area (Å²) < 4.78 is 5.30. The molecule has 0 N–H and O–H groups in total. The van der Waals surface area contributed by atoms with E-state index >= 15 is 0 Å². The van der Waals surface area contributed by atoms with E-state index in [2.05, 4.69) is 26.0 Å². The SMILES string of the molecule is COC1C=CC(/C=C2/C(=O)c3ccccc3C2(C)C)=CC1. The Morgan fingerprint density at radius 1 is 1.29 bits per heavy atom. The molecule has 21 heavy (non-hydrogen) atoms. The zero-order valence-corrected chi connectivity index (χ0v) is 12.7. The summed E-state index contributed by atoms with van der Waals surface area (Å²) in [6.45, 7) is 4.24. The second kappa shape index (κ2) is 5.12. The van der Waals surface area contributed by atoms with E-state index in [0.29, 0.717) is 0 Å².